The van der Waals surface area contributed by atoms with Gasteiger partial charge in [0.25, 0.3) is 0 Å². The van der Waals surface area contributed by atoms with Gasteiger partial charge in [0.15, 0.2) is 0 Å². The molecule has 21 heavy (non-hydrogen) atoms. The van der Waals surface area contributed by atoms with E-state index in [1.165, 1.54) is 5.56 Å². The molecule has 1 aromatic heterocycles. The van der Waals surface area contributed by atoms with Crippen molar-refractivity contribution in [2.75, 3.05) is 0 Å². The minimum absolute atomic E-state index is 0.190. The molecule has 2 N–H and O–H groups in total. The predicted molar refractivity (Wildman–Crippen MR) is 86.7 cm³/mol. The smallest absolute Gasteiger partial charge is 0.222 e. The van der Waals surface area contributed by atoms with E-state index >= 15 is 0 Å². The van der Waals surface area contributed by atoms with Gasteiger partial charge in [0, 0.05) is 18.3 Å². The molecular formula is C18H24N2O. The van der Waals surface area contributed by atoms with Crippen LogP contribution in [0.15, 0.2) is 36.5 Å². The van der Waals surface area contributed by atoms with Crippen LogP contribution in [0.1, 0.15) is 43.9 Å². The highest BCUT2D eigenvalue weighted by atomic mass is 16.5. The maximum absolute atomic E-state index is 5.86. The summed E-state index contributed by atoms with van der Waals surface area (Å²) in [5.41, 5.74) is 9.13. The molecule has 0 radical (unpaired) electrons. The van der Waals surface area contributed by atoms with E-state index in [9.17, 15) is 0 Å². The van der Waals surface area contributed by atoms with Crippen LogP contribution in [0.25, 0.3) is 0 Å². The molecule has 0 aliphatic heterocycles. The zero-order valence-corrected chi connectivity index (χ0v) is 13.3. The van der Waals surface area contributed by atoms with E-state index in [0.717, 1.165) is 23.3 Å². The van der Waals surface area contributed by atoms with Gasteiger partial charge in [-0.05, 0) is 48.1 Å². The fourth-order valence-corrected chi connectivity index (χ4v) is 2.13. The Kier molecular flexibility index (Phi) is 4.63. The Balaban J connectivity index is 2.17. The summed E-state index contributed by atoms with van der Waals surface area (Å²) in [7, 11) is 0. The summed E-state index contributed by atoms with van der Waals surface area (Å²) in [6, 6.07) is 10.3. The molecular weight excluding hydrogens is 260 g/mol. The minimum atomic E-state index is 0.190. The third-order valence-electron chi connectivity index (χ3n) is 4.06. The molecule has 2 aromatic rings. The van der Waals surface area contributed by atoms with Crippen molar-refractivity contribution < 1.29 is 4.74 Å². The minimum Gasteiger partial charge on any atom is -0.439 e. The Morgan fingerprint density at radius 2 is 1.86 bits per heavy atom. The lowest BCUT2D eigenvalue weighted by atomic mass is 9.82. The highest BCUT2D eigenvalue weighted by Gasteiger charge is 2.17. The van der Waals surface area contributed by atoms with Crippen LogP contribution in [0.5, 0.6) is 11.6 Å². The molecule has 0 saturated carbocycles. The van der Waals surface area contributed by atoms with E-state index in [1.807, 2.05) is 25.1 Å². The molecule has 0 aliphatic rings. The number of ether oxygens (including phenoxy) is 1. The number of benzene rings is 1. The summed E-state index contributed by atoms with van der Waals surface area (Å²) in [6.45, 7) is 9.18. The maximum Gasteiger partial charge on any atom is 0.222 e. The first-order valence-electron chi connectivity index (χ1n) is 7.40. The van der Waals surface area contributed by atoms with Gasteiger partial charge in [0.1, 0.15) is 5.75 Å². The molecule has 3 nitrogen and oxygen atoms in total. The second-order valence-electron chi connectivity index (χ2n) is 6.03. The van der Waals surface area contributed by atoms with Crippen LogP contribution in [-0.4, -0.2) is 4.98 Å². The highest BCUT2D eigenvalue weighted by molar-refractivity contribution is 5.36. The van der Waals surface area contributed by atoms with E-state index in [1.54, 1.807) is 6.20 Å². The topological polar surface area (TPSA) is 48.1 Å². The van der Waals surface area contributed by atoms with E-state index in [4.69, 9.17) is 10.5 Å². The molecule has 3 heteroatoms. The Labute approximate surface area is 127 Å². The first-order valence-corrected chi connectivity index (χ1v) is 7.40. The molecule has 1 heterocycles. The molecule has 0 aliphatic carbocycles. The van der Waals surface area contributed by atoms with E-state index in [-0.39, 0.29) is 5.41 Å². The van der Waals surface area contributed by atoms with Crippen LogP contribution < -0.4 is 10.5 Å². The van der Waals surface area contributed by atoms with Crippen LogP contribution in [0, 0.1) is 6.92 Å². The lowest BCUT2D eigenvalue weighted by Gasteiger charge is -2.23. The van der Waals surface area contributed by atoms with Crippen molar-refractivity contribution in [3.05, 3.63) is 53.2 Å². The zero-order valence-electron chi connectivity index (χ0n) is 13.3. The average Bonchev–Trinajstić information content (AvgIpc) is 2.50. The zero-order chi connectivity index (χ0) is 15.5. The Morgan fingerprint density at radius 1 is 1.19 bits per heavy atom. The van der Waals surface area contributed by atoms with Crippen molar-refractivity contribution in [2.45, 2.75) is 46.1 Å². The second kappa shape index (κ2) is 6.27. The van der Waals surface area contributed by atoms with Crippen molar-refractivity contribution in [1.82, 2.24) is 4.98 Å². The number of rotatable bonds is 5. The first-order chi connectivity index (χ1) is 9.96. The number of nitrogens with zero attached hydrogens (tertiary/aromatic N) is 1. The summed E-state index contributed by atoms with van der Waals surface area (Å²) in [5, 5.41) is 0. The number of hydrogen-bond acceptors (Lipinski definition) is 3. The van der Waals surface area contributed by atoms with Crippen molar-refractivity contribution in [1.29, 1.82) is 0 Å². The van der Waals surface area contributed by atoms with Crippen molar-refractivity contribution in [3.8, 4) is 11.6 Å². The van der Waals surface area contributed by atoms with E-state index < -0.39 is 0 Å². The van der Waals surface area contributed by atoms with Gasteiger partial charge in [-0.2, -0.15) is 0 Å². The Hall–Kier alpha value is -1.87. The molecule has 0 atom stereocenters. The molecule has 0 spiro atoms. The second-order valence-corrected chi connectivity index (χ2v) is 6.03. The Morgan fingerprint density at radius 3 is 2.38 bits per heavy atom. The largest absolute Gasteiger partial charge is 0.439 e. The average molecular weight is 284 g/mol. The van der Waals surface area contributed by atoms with Gasteiger partial charge < -0.3 is 10.5 Å². The van der Waals surface area contributed by atoms with Crippen molar-refractivity contribution in [2.24, 2.45) is 5.73 Å². The van der Waals surface area contributed by atoms with E-state index in [0.29, 0.717) is 12.4 Å². The molecule has 0 saturated heterocycles. The van der Waals surface area contributed by atoms with Crippen LogP contribution in [0.3, 0.4) is 0 Å². The molecule has 2 rings (SSSR count). The van der Waals surface area contributed by atoms with Gasteiger partial charge in [-0.25, -0.2) is 4.98 Å². The summed E-state index contributed by atoms with van der Waals surface area (Å²) in [6.07, 6.45) is 2.87. The lowest BCUT2D eigenvalue weighted by Crippen LogP contribution is -2.14. The highest BCUT2D eigenvalue weighted by Crippen LogP contribution is 2.29. The molecule has 0 fully saturated rings. The molecule has 0 unspecified atom stereocenters. The van der Waals surface area contributed by atoms with Gasteiger partial charge in [0.05, 0.1) is 0 Å². The molecule has 0 amide bonds. The van der Waals surface area contributed by atoms with Crippen molar-refractivity contribution >= 4 is 0 Å². The molecule has 1 aromatic carbocycles. The fraction of sp³-hybridized carbons (Fsp3) is 0.389. The monoisotopic (exact) mass is 284 g/mol. The SMILES string of the molecule is CCC(C)(C)c1ccc(Oc2ncc(CN)cc2C)cc1. The summed E-state index contributed by atoms with van der Waals surface area (Å²) in [4.78, 5) is 4.33. The summed E-state index contributed by atoms with van der Waals surface area (Å²) < 4.78 is 5.86. The Bertz CT molecular complexity index is 603. The summed E-state index contributed by atoms with van der Waals surface area (Å²) in [5.74, 6) is 1.44. The van der Waals surface area contributed by atoms with Gasteiger partial charge in [-0.3, -0.25) is 0 Å². The molecule has 112 valence electrons. The van der Waals surface area contributed by atoms with Crippen molar-refractivity contribution in [3.63, 3.8) is 0 Å². The standard InChI is InChI=1S/C18H24N2O/c1-5-18(3,4)15-6-8-16(9-7-15)21-17-13(2)10-14(11-19)12-20-17/h6-10,12H,5,11,19H2,1-4H3. The third kappa shape index (κ3) is 3.61. The predicted octanol–water partition coefficient (Wildman–Crippen LogP) is 4.33. The normalized spacial score (nSPS) is 11.5. The van der Waals surface area contributed by atoms with Crippen LogP contribution in [-0.2, 0) is 12.0 Å². The quantitative estimate of drug-likeness (QED) is 0.889. The van der Waals surface area contributed by atoms with E-state index in [2.05, 4.69) is 37.9 Å². The van der Waals surface area contributed by atoms with Crippen LogP contribution in [0.4, 0.5) is 0 Å². The molecule has 0 bridgehead atoms. The number of nitrogens with two attached hydrogens (primary N) is 1. The third-order valence-corrected chi connectivity index (χ3v) is 4.06. The summed E-state index contributed by atoms with van der Waals surface area (Å²) >= 11 is 0. The van der Waals surface area contributed by atoms with Gasteiger partial charge in [0.2, 0.25) is 5.88 Å². The fourth-order valence-electron chi connectivity index (χ4n) is 2.13. The number of hydrogen-bond donors (Lipinski definition) is 1. The maximum atomic E-state index is 5.86. The van der Waals surface area contributed by atoms with Gasteiger partial charge in [-0.1, -0.05) is 32.9 Å². The number of pyridine rings is 1. The van der Waals surface area contributed by atoms with Gasteiger partial charge >= 0.3 is 0 Å². The van der Waals surface area contributed by atoms with Gasteiger partial charge in [-0.15, -0.1) is 0 Å². The number of aryl methyl sites for hydroxylation is 1. The number of aromatic nitrogens is 1. The first kappa shape index (κ1) is 15.5. The van der Waals surface area contributed by atoms with Crippen LogP contribution >= 0.6 is 0 Å². The lowest BCUT2D eigenvalue weighted by molar-refractivity contribution is 0.456. The van der Waals surface area contributed by atoms with Crippen LogP contribution in [0.2, 0.25) is 0 Å².